The first kappa shape index (κ1) is 22.0. The van der Waals surface area contributed by atoms with Crippen LogP contribution in [-0.4, -0.2) is 34.4 Å². The molecule has 0 saturated carbocycles. The van der Waals surface area contributed by atoms with Gasteiger partial charge in [-0.2, -0.15) is 0 Å². The molecule has 3 N–H and O–H groups in total. The van der Waals surface area contributed by atoms with Crippen molar-refractivity contribution < 1.29 is 29.6 Å². The Morgan fingerprint density at radius 1 is 1.07 bits per heavy atom. The molecular formula is C23H26O6. The topological polar surface area (TPSA) is 104 Å². The zero-order valence-electron chi connectivity index (χ0n) is 16.8. The minimum Gasteiger partial charge on any atom is -0.508 e. The van der Waals surface area contributed by atoms with Crippen LogP contribution < -0.4 is 0 Å². The molecule has 2 atom stereocenters. The lowest BCUT2D eigenvalue weighted by Crippen LogP contribution is -2.30. The lowest BCUT2D eigenvalue weighted by atomic mass is 9.81. The van der Waals surface area contributed by atoms with E-state index in [1.165, 1.54) is 37.4 Å². The summed E-state index contributed by atoms with van der Waals surface area (Å²) in [7, 11) is 1.22. The highest BCUT2D eigenvalue weighted by molar-refractivity contribution is 5.85. The van der Waals surface area contributed by atoms with Crippen molar-refractivity contribution in [3.05, 3.63) is 70.8 Å². The predicted molar refractivity (Wildman–Crippen MR) is 109 cm³/mol. The summed E-state index contributed by atoms with van der Waals surface area (Å²) in [6.07, 6.45) is 2.58. The molecule has 0 aliphatic rings. The fourth-order valence-corrected chi connectivity index (χ4v) is 3.19. The number of benzene rings is 2. The molecule has 154 valence electrons. The van der Waals surface area contributed by atoms with Gasteiger partial charge in [0.2, 0.25) is 0 Å². The van der Waals surface area contributed by atoms with Crippen molar-refractivity contribution >= 4 is 11.9 Å². The van der Waals surface area contributed by atoms with Crippen LogP contribution in [0, 0.1) is 5.92 Å². The number of carbonyl (C=O) groups is 2. The summed E-state index contributed by atoms with van der Waals surface area (Å²) < 4.78 is 4.86. The number of rotatable bonds is 8. The summed E-state index contributed by atoms with van der Waals surface area (Å²) in [5.74, 6) is -3.74. The molecule has 0 bridgehead atoms. The monoisotopic (exact) mass is 398 g/mol. The van der Waals surface area contributed by atoms with Crippen LogP contribution in [0.1, 0.15) is 36.5 Å². The first-order valence-corrected chi connectivity index (χ1v) is 9.26. The first-order chi connectivity index (χ1) is 13.7. The Hall–Kier alpha value is -3.28. The molecular weight excluding hydrogens is 372 g/mol. The maximum atomic E-state index is 12.4. The molecule has 2 rings (SSSR count). The molecule has 0 radical (unpaired) electrons. The van der Waals surface area contributed by atoms with Gasteiger partial charge < -0.3 is 20.1 Å². The number of aromatic hydroxyl groups is 2. The van der Waals surface area contributed by atoms with E-state index in [0.29, 0.717) is 23.1 Å². The Labute approximate surface area is 170 Å². The number of methoxy groups -OCH3 is 1. The second-order valence-corrected chi connectivity index (χ2v) is 7.19. The Morgan fingerprint density at radius 2 is 1.72 bits per heavy atom. The summed E-state index contributed by atoms with van der Waals surface area (Å²) >= 11 is 0. The highest BCUT2D eigenvalue weighted by Gasteiger charge is 2.36. The molecule has 0 fully saturated rings. The van der Waals surface area contributed by atoms with E-state index in [2.05, 4.69) is 0 Å². The van der Waals surface area contributed by atoms with Crippen LogP contribution >= 0.6 is 0 Å². The molecule has 0 unspecified atom stereocenters. The van der Waals surface area contributed by atoms with Crippen molar-refractivity contribution in [3.8, 4) is 11.5 Å². The van der Waals surface area contributed by atoms with Gasteiger partial charge in [0.1, 0.15) is 11.5 Å². The van der Waals surface area contributed by atoms with Gasteiger partial charge in [-0.05, 0) is 61.6 Å². The zero-order valence-corrected chi connectivity index (χ0v) is 16.8. The van der Waals surface area contributed by atoms with Gasteiger partial charge in [0.05, 0.1) is 18.9 Å². The third-order valence-corrected chi connectivity index (χ3v) is 4.76. The number of carbonyl (C=O) groups excluding carboxylic acids is 1. The van der Waals surface area contributed by atoms with Gasteiger partial charge >= 0.3 is 11.9 Å². The van der Waals surface area contributed by atoms with Crippen LogP contribution in [0.4, 0.5) is 0 Å². The summed E-state index contributed by atoms with van der Waals surface area (Å²) in [6, 6.07) is 10.8. The van der Waals surface area contributed by atoms with Gasteiger partial charge in [-0.3, -0.25) is 9.59 Å². The van der Waals surface area contributed by atoms with Crippen molar-refractivity contribution in [1.82, 2.24) is 0 Å². The smallest absolute Gasteiger partial charge is 0.314 e. The third-order valence-electron chi connectivity index (χ3n) is 4.76. The largest absolute Gasteiger partial charge is 0.508 e. The number of ether oxygens (including phenoxy) is 1. The van der Waals surface area contributed by atoms with Crippen molar-refractivity contribution in [1.29, 1.82) is 0 Å². The van der Waals surface area contributed by atoms with E-state index in [4.69, 9.17) is 4.74 Å². The number of phenolic OH excluding ortho intramolecular Hbond substituents is 2. The van der Waals surface area contributed by atoms with Crippen molar-refractivity contribution in [2.75, 3.05) is 7.11 Å². The molecule has 0 spiro atoms. The van der Waals surface area contributed by atoms with Crippen LogP contribution in [0.5, 0.6) is 11.5 Å². The first-order valence-electron chi connectivity index (χ1n) is 9.26. The molecule has 0 aliphatic carbocycles. The average Bonchev–Trinajstić information content (AvgIpc) is 2.68. The number of carboxylic acid groups (broad SMARTS) is 1. The number of allylic oxidation sites excluding steroid dienone is 2. The normalized spacial score (nSPS) is 12.7. The van der Waals surface area contributed by atoms with Crippen molar-refractivity contribution in [3.63, 3.8) is 0 Å². The summed E-state index contributed by atoms with van der Waals surface area (Å²) in [5, 5.41) is 29.4. The van der Waals surface area contributed by atoms with Gasteiger partial charge in [0.25, 0.3) is 0 Å². The number of carboxylic acids is 1. The minimum atomic E-state index is -1.13. The van der Waals surface area contributed by atoms with Gasteiger partial charge in [-0.1, -0.05) is 35.9 Å². The van der Waals surface area contributed by atoms with E-state index < -0.39 is 23.8 Å². The van der Waals surface area contributed by atoms with Crippen LogP contribution in [0.2, 0.25) is 0 Å². The standard InChI is InChI=1S/C23H26O6/c1-14(2)4-6-17-12-15(5-11-20(17)25)13-19(22(26)27)21(23(28)29-3)16-7-9-18(24)10-8-16/h4-5,7-12,19,21,24-25H,6,13H2,1-3H3,(H,26,27)/t19-,21-/m1/s1. The van der Waals surface area contributed by atoms with E-state index in [0.717, 1.165) is 5.57 Å². The minimum absolute atomic E-state index is 0.0201. The molecule has 0 aliphatic heterocycles. The predicted octanol–water partition coefficient (Wildman–Crippen LogP) is 3.81. The summed E-state index contributed by atoms with van der Waals surface area (Å²) in [6.45, 7) is 3.92. The van der Waals surface area contributed by atoms with E-state index >= 15 is 0 Å². The molecule has 0 aromatic heterocycles. The van der Waals surface area contributed by atoms with Crippen LogP contribution in [0.3, 0.4) is 0 Å². The van der Waals surface area contributed by atoms with E-state index in [1.807, 2.05) is 19.9 Å². The Morgan fingerprint density at radius 3 is 2.28 bits per heavy atom. The third kappa shape index (κ3) is 5.85. The number of hydrogen-bond donors (Lipinski definition) is 3. The maximum Gasteiger partial charge on any atom is 0.314 e. The molecule has 0 amide bonds. The lowest BCUT2D eigenvalue weighted by Gasteiger charge is -2.23. The maximum absolute atomic E-state index is 12.4. The summed E-state index contributed by atoms with van der Waals surface area (Å²) in [4.78, 5) is 24.5. The second kappa shape index (κ2) is 9.78. The number of esters is 1. The molecule has 2 aromatic rings. The Bertz CT molecular complexity index is 894. The van der Waals surface area contributed by atoms with Crippen molar-refractivity contribution in [2.24, 2.45) is 5.92 Å². The van der Waals surface area contributed by atoms with E-state index in [9.17, 15) is 24.9 Å². The fourth-order valence-electron chi connectivity index (χ4n) is 3.19. The lowest BCUT2D eigenvalue weighted by molar-refractivity contribution is -0.152. The molecule has 6 nitrogen and oxygen atoms in total. The number of hydrogen-bond acceptors (Lipinski definition) is 5. The number of aliphatic carboxylic acids is 1. The Kier molecular flexibility index (Phi) is 7.42. The van der Waals surface area contributed by atoms with Gasteiger partial charge in [-0.25, -0.2) is 0 Å². The molecule has 0 heterocycles. The van der Waals surface area contributed by atoms with Gasteiger partial charge in [-0.15, -0.1) is 0 Å². The average molecular weight is 398 g/mol. The van der Waals surface area contributed by atoms with Crippen LogP contribution in [0.15, 0.2) is 54.1 Å². The molecule has 0 saturated heterocycles. The van der Waals surface area contributed by atoms with Crippen molar-refractivity contribution in [2.45, 2.75) is 32.6 Å². The van der Waals surface area contributed by atoms with Crippen LogP contribution in [-0.2, 0) is 27.2 Å². The van der Waals surface area contributed by atoms with E-state index in [1.54, 1.807) is 12.1 Å². The highest BCUT2D eigenvalue weighted by Crippen LogP contribution is 2.32. The molecule has 2 aromatic carbocycles. The second-order valence-electron chi connectivity index (χ2n) is 7.19. The van der Waals surface area contributed by atoms with Gasteiger partial charge in [0.15, 0.2) is 0 Å². The molecule has 6 heteroatoms. The Balaban J connectivity index is 2.40. The zero-order chi connectivity index (χ0) is 21.6. The summed E-state index contributed by atoms with van der Waals surface area (Å²) in [5.41, 5.74) is 2.94. The fraction of sp³-hybridized carbons (Fsp3) is 0.304. The van der Waals surface area contributed by atoms with E-state index in [-0.39, 0.29) is 17.9 Å². The molecule has 29 heavy (non-hydrogen) atoms. The number of phenols is 2. The SMILES string of the molecule is COC(=O)[C@H](c1ccc(O)cc1)[C@@H](Cc1ccc(O)c(CC=C(C)C)c1)C(=O)O. The van der Waals surface area contributed by atoms with Gasteiger partial charge in [0, 0.05) is 0 Å². The highest BCUT2D eigenvalue weighted by atomic mass is 16.5. The quantitative estimate of drug-likeness (QED) is 0.461. The van der Waals surface area contributed by atoms with Crippen LogP contribution in [0.25, 0.3) is 0 Å².